The minimum absolute atomic E-state index is 0.268. The number of hydrogen-bond donors (Lipinski definition) is 1. The van der Waals surface area contributed by atoms with Crippen molar-refractivity contribution < 1.29 is 14.6 Å². The zero-order valence-electron chi connectivity index (χ0n) is 16.7. The molecular weight excluding hydrogens is 382 g/mol. The van der Waals surface area contributed by atoms with E-state index >= 15 is 0 Å². The van der Waals surface area contributed by atoms with Gasteiger partial charge in [-0.15, -0.1) is 0 Å². The Balaban J connectivity index is 1.78. The molecule has 2 aromatic carbocycles. The first kappa shape index (κ1) is 19.6. The second-order valence-corrected chi connectivity index (χ2v) is 7.07. The van der Waals surface area contributed by atoms with E-state index in [0.717, 1.165) is 16.7 Å². The SMILES string of the molecule is COC(=O)c1cccc(Cn2ccn3nc(-c4ccc(C)cc4)c(CO)c3c2=O)c1. The molecule has 30 heavy (non-hydrogen) atoms. The molecule has 2 heterocycles. The predicted molar refractivity (Wildman–Crippen MR) is 112 cm³/mol. The van der Waals surface area contributed by atoms with Gasteiger partial charge in [-0.2, -0.15) is 5.10 Å². The number of aryl methyl sites for hydroxylation is 1. The quantitative estimate of drug-likeness (QED) is 0.518. The molecule has 0 atom stereocenters. The zero-order valence-corrected chi connectivity index (χ0v) is 16.7. The van der Waals surface area contributed by atoms with Gasteiger partial charge >= 0.3 is 5.97 Å². The molecule has 0 radical (unpaired) electrons. The van der Waals surface area contributed by atoms with Crippen LogP contribution in [0.1, 0.15) is 27.0 Å². The van der Waals surface area contributed by atoms with E-state index in [1.807, 2.05) is 37.3 Å². The number of nitrogens with zero attached hydrogens (tertiary/aromatic N) is 3. The topological polar surface area (TPSA) is 85.8 Å². The maximum atomic E-state index is 13.2. The van der Waals surface area contributed by atoms with Gasteiger partial charge in [-0.1, -0.05) is 42.0 Å². The number of rotatable bonds is 5. The molecule has 4 aromatic rings. The summed E-state index contributed by atoms with van der Waals surface area (Å²) >= 11 is 0. The highest BCUT2D eigenvalue weighted by Gasteiger charge is 2.18. The summed E-state index contributed by atoms with van der Waals surface area (Å²) in [7, 11) is 1.33. The lowest BCUT2D eigenvalue weighted by Gasteiger charge is -2.08. The molecule has 0 aliphatic rings. The van der Waals surface area contributed by atoms with Crippen LogP contribution in [0.5, 0.6) is 0 Å². The van der Waals surface area contributed by atoms with Gasteiger partial charge in [-0.05, 0) is 24.6 Å². The van der Waals surface area contributed by atoms with E-state index in [4.69, 9.17) is 4.74 Å². The number of fused-ring (bicyclic) bond motifs is 1. The lowest BCUT2D eigenvalue weighted by atomic mass is 10.1. The van der Waals surface area contributed by atoms with Crippen molar-refractivity contribution in [3.05, 3.63) is 93.5 Å². The molecule has 0 aliphatic carbocycles. The fourth-order valence-corrected chi connectivity index (χ4v) is 3.48. The molecule has 0 fully saturated rings. The number of aliphatic hydroxyl groups is 1. The molecule has 1 N–H and O–H groups in total. The van der Waals surface area contributed by atoms with E-state index in [2.05, 4.69) is 5.10 Å². The minimum atomic E-state index is -0.430. The highest BCUT2D eigenvalue weighted by molar-refractivity contribution is 5.89. The van der Waals surface area contributed by atoms with Crippen LogP contribution >= 0.6 is 0 Å². The first-order chi connectivity index (χ1) is 14.5. The molecule has 7 heteroatoms. The summed E-state index contributed by atoms with van der Waals surface area (Å²) in [6.07, 6.45) is 3.34. The number of methoxy groups -OCH3 is 1. The van der Waals surface area contributed by atoms with Gasteiger partial charge < -0.3 is 14.4 Å². The molecule has 0 spiro atoms. The van der Waals surface area contributed by atoms with E-state index in [1.54, 1.807) is 30.6 Å². The lowest BCUT2D eigenvalue weighted by molar-refractivity contribution is 0.0600. The van der Waals surface area contributed by atoms with E-state index in [0.29, 0.717) is 22.3 Å². The third-order valence-corrected chi connectivity index (χ3v) is 5.04. The van der Waals surface area contributed by atoms with Gasteiger partial charge in [-0.25, -0.2) is 9.31 Å². The second-order valence-electron chi connectivity index (χ2n) is 7.07. The standard InChI is InChI=1S/C23H21N3O4/c1-15-6-8-17(9-7-15)20-19(14-27)21-22(28)25(10-11-26(21)24-20)13-16-4-3-5-18(12-16)23(29)30-2/h3-12,27H,13-14H2,1-2H3. The maximum absolute atomic E-state index is 13.2. The third kappa shape index (κ3) is 3.51. The lowest BCUT2D eigenvalue weighted by Crippen LogP contribution is -2.22. The number of carbonyl (C=O) groups is 1. The summed E-state index contributed by atoms with van der Waals surface area (Å²) in [4.78, 5) is 25.0. The molecule has 0 aliphatic heterocycles. The molecule has 0 bridgehead atoms. The summed E-state index contributed by atoms with van der Waals surface area (Å²) < 4.78 is 7.80. The van der Waals surface area contributed by atoms with Crippen molar-refractivity contribution in [3.63, 3.8) is 0 Å². The Kier molecular flexibility index (Phi) is 5.20. The Morgan fingerprint density at radius 1 is 1.13 bits per heavy atom. The smallest absolute Gasteiger partial charge is 0.337 e. The molecular formula is C23H21N3O4. The number of benzene rings is 2. The maximum Gasteiger partial charge on any atom is 0.337 e. The van der Waals surface area contributed by atoms with Crippen LogP contribution in [-0.2, 0) is 17.9 Å². The van der Waals surface area contributed by atoms with Gasteiger partial charge in [0.1, 0.15) is 5.52 Å². The Hall–Kier alpha value is -3.71. The van der Waals surface area contributed by atoms with Gasteiger partial charge in [-0.3, -0.25) is 4.79 Å². The predicted octanol–water partition coefficient (Wildman–Crippen LogP) is 2.80. The Labute approximate surface area is 172 Å². The van der Waals surface area contributed by atoms with Crippen LogP contribution in [0.2, 0.25) is 0 Å². The minimum Gasteiger partial charge on any atom is -0.465 e. The van der Waals surface area contributed by atoms with Crippen molar-refractivity contribution >= 4 is 11.5 Å². The normalized spacial score (nSPS) is 11.0. The van der Waals surface area contributed by atoms with E-state index < -0.39 is 5.97 Å². The van der Waals surface area contributed by atoms with Crippen molar-refractivity contribution in [2.75, 3.05) is 7.11 Å². The highest BCUT2D eigenvalue weighted by Crippen LogP contribution is 2.25. The summed E-state index contributed by atoms with van der Waals surface area (Å²) in [5, 5.41) is 14.5. The summed E-state index contributed by atoms with van der Waals surface area (Å²) in [6.45, 7) is 1.97. The fraction of sp³-hybridized carbons (Fsp3) is 0.174. The summed E-state index contributed by atoms with van der Waals surface area (Å²) in [6, 6.07) is 14.7. The van der Waals surface area contributed by atoms with E-state index in [1.165, 1.54) is 16.2 Å². The molecule has 0 saturated heterocycles. The van der Waals surface area contributed by atoms with Crippen LogP contribution in [0.4, 0.5) is 0 Å². The van der Waals surface area contributed by atoms with Crippen LogP contribution in [0, 0.1) is 6.92 Å². The van der Waals surface area contributed by atoms with Gasteiger partial charge in [0.2, 0.25) is 0 Å². The Morgan fingerprint density at radius 2 is 1.90 bits per heavy atom. The van der Waals surface area contributed by atoms with Crippen LogP contribution < -0.4 is 5.56 Å². The number of hydrogen-bond acceptors (Lipinski definition) is 5. The number of ether oxygens (including phenoxy) is 1. The largest absolute Gasteiger partial charge is 0.465 e. The molecule has 0 unspecified atom stereocenters. The molecule has 4 rings (SSSR count). The Morgan fingerprint density at radius 3 is 2.60 bits per heavy atom. The highest BCUT2D eigenvalue weighted by atomic mass is 16.5. The molecule has 7 nitrogen and oxygen atoms in total. The van der Waals surface area contributed by atoms with Crippen molar-refractivity contribution in [3.8, 4) is 11.3 Å². The van der Waals surface area contributed by atoms with Crippen LogP contribution in [0.3, 0.4) is 0 Å². The first-order valence-corrected chi connectivity index (χ1v) is 9.47. The van der Waals surface area contributed by atoms with Gasteiger partial charge in [0, 0.05) is 23.5 Å². The number of carbonyl (C=O) groups excluding carboxylic acids is 1. The first-order valence-electron chi connectivity index (χ1n) is 9.47. The average molecular weight is 403 g/mol. The van der Waals surface area contributed by atoms with Gasteiger partial charge in [0.05, 0.1) is 31.5 Å². The van der Waals surface area contributed by atoms with Crippen LogP contribution in [-0.4, -0.2) is 32.4 Å². The summed E-state index contributed by atoms with van der Waals surface area (Å²) in [5.74, 6) is -0.430. The monoisotopic (exact) mass is 403 g/mol. The molecule has 152 valence electrons. The zero-order chi connectivity index (χ0) is 21.3. The van der Waals surface area contributed by atoms with Crippen molar-refractivity contribution in [1.29, 1.82) is 0 Å². The van der Waals surface area contributed by atoms with E-state index in [-0.39, 0.29) is 18.7 Å². The second kappa shape index (κ2) is 7.96. The van der Waals surface area contributed by atoms with Crippen molar-refractivity contribution in [2.24, 2.45) is 0 Å². The molecule has 0 amide bonds. The van der Waals surface area contributed by atoms with Crippen LogP contribution in [0.15, 0.2) is 65.7 Å². The number of esters is 1. The number of aliphatic hydroxyl groups excluding tert-OH is 1. The van der Waals surface area contributed by atoms with E-state index in [9.17, 15) is 14.7 Å². The third-order valence-electron chi connectivity index (χ3n) is 5.04. The van der Waals surface area contributed by atoms with Crippen molar-refractivity contribution in [2.45, 2.75) is 20.1 Å². The van der Waals surface area contributed by atoms with Gasteiger partial charge in [0.15, 0.2) is 0 Å². The van der Waals surface area contributed by atoms with Crippen molar-refractivity contribution in [1.82, 2.24) is 14.2 Å². The fourth-order valence-electron chi connectivity index (χ4n) is 3.48. The van der Waals surface area contributed by atoms with Crippen LogP contribution in [0.25, 0.3) is 16.8 Å². The van der Waals surface area contributed by atoms with Gasteiger partial charge in [0.25, 0.3) is 5.56 Å². The number of aromatic nitrogens is 3. The summed E-state index contributed by atoms with van der Waals surface area (Å²) in [5.41, 5.74) is 4.30. The average Bonchev–Trinajstić information content (AvgIpc) is 3.15. The Bertz CT molecular complexity index is 1290. The molecule has 2 aromatic heterocycles. The molecule has 0 saturated carbocycles.